The lowest BCUT2D eigenvalue weighted by Gasteiger charge is -2.20. The van der Waals surface area contributed by atoms with Gasteiger partial charge < -0.3 is 20.6 Å². The number of hydrogen-bond donors (Lipinski definition) is 3. The van der Waals surface area contributed by atoms with Crippen LogP contribution in [0.2, 0.25) is 0 Å². The Hall–Kier alpha value is -4.39. The number of rotatable bonds is 4. The fourth-order valence-corrected chi connectivity index (χ4v) is 4.37. The molecule has 5 rings (SSSR count). The molecular weight excluding hydrogens is 430 g/mol. The van der Waals surface area contributed by atoms with E-state index in [1.807, 2.05) is 24.3 Å². The van der Waals surface area contributed by atoms with Crippen molar-refractivity contribution in [2.75, 3.05) is 11.9 Å². The molecule has 3 N–H and O–H groups in total. The molecule has 7 heteroatoms. The number of phenolic OH excluding ortho intramolecular Hbond substituents is 1. The minimum absolute atomic E-state index is 0.196. The van der Waals surface area contributed by atoms with E-state index in [-0.39, 0.29) is 36.1 Å². The minimum atomic E-state index is -0.642. The zero-order valence-corrected chi connectivity index (χ0v) is 18.3. The molecule has 0 spiro atoms. The number of nitrogens with one attached hydrogen (secondary N) is 2. The number of amides is 3. The molecule has 2 aliphatic heterocycles. The third-order valence-electron chi connectivity index (χ3n) is 6.13. The molecule has 1 fully saturated rings. The predicted molar refractivity (Wildman–Crippen MR) is 129 cm³/mol. The Morgan fingerprint density at radius 3 is 2.44 bits per heavy atom. The van der Waals surface area contributed by atoms with Crippen LogP contribution in [0.4, 0.5) is 5.69 Å². The van der Waals surface area contributed by atoms with Gasteiger partial charge >= 0.3 is 0 Å². The highest BCUT2D eigenvalue weighted by atomic mass is 16.3. The summed E-state index contributed by atoms with van der Waals surface area (Å²) in [6.07, 6.45) is 4.11. The number of hydrogen-bond acceptors (Lipinski definition) is 4. The maximum atomic E-state index is 13.4. The molecule has 0 unspecified atom stereocenters. The van der Waals surface area contributed by atoms with Crippen LogP contribution in [0.25, 0.3) is 12.2 Å². The summed E-state index contributed by atoms with van der Waals surface area (Å²) in [6, 6.07) is 20.0. The third kappa shape index (κ3) is 4.28. The van der Waals surface area contributed by atoms with Crippen LogP contribution in [-0.4, -0.2) is 46.4 Å². The van der Waals surface area contributed by atoms with Gasteiger partial charge in [-0.25, -0.2) is 0 Å². The van der Waals surface area contributed by atoms with E-state index in [4.69, 9.17) is 0 Å². The highest BCUT2D eigenvalue weighted by Crippen LogP contribution is 2.30. The van der Waals surface area contributed by atoms with Gasteiger partial charge in [0.2, 0.25) is 5.91 Å². The van der Waals surface area contributed by atoms with E-state index < -0.39 is 6.04 Å². The Kier molecular flexibility index (Phi) is 5.59. The minimum Gasteiger partial charge on any atom is -0.508 e. The number of carbonyl (C=O) groups excluding carboxylic acids is 3. The van der Waals surface area contributed by atoms with Crippen molar-refractivity contribution >= 4 is 35.6 Å². The summed E-state index contributed by atoms with van der Waals surface area (Å²) in [5.74, 6) is -0.522. The standard InChI is InChI=1S/C27H23N3O4/c31-21-11-8-17(9-12-21)6-7-18-10-13-23-22(14-18)27(34)30-16-20(15-24(30)26(33)29-23)28-25(32)19-4-2-1-3-5-19/h1-14,20,24,31H,15-16H2,(H,28,32)(H,29,33)/t20-,24-/m1/s1. The first-order chi connectivity index (χ1) is 16.5. The quantitative estimate of drug-likeness (QED) is 0.527. The Morgan fingerprint density at radius 1 is 0.971 bits per heavy atom. The van der Waals surface area contributed by atoms with E-state index >= 15 is 0 Å². The summed E-state index contributed by atoms with van der Waals surface area (Å²) in [5.41, 5.74) is 3.15. The second-order valence-corrected chi connectivity index (χ2v) is 8.46. The topological polar surface area (TPSA) is 98.7 Å². The molecule has 2 heterocycles. The van der Waals surface area contributed by atoms with Crippen LogP contribution < -0.4 is 10.6 Å². The highest BCUT2D eigenvalue weighted by molar-refractivity contribution is 6.10. The lowest BCUT2D eigenvalue weighted by atomic mass is 10.1. The van der Waals surface area contributed by atoms with Crippen molar-refractivity contribution in [3.05, 3.63) is 95.1 Å². The van der Waals surface area contributed by atoms with Gasteiger partial charge in [-0.1, -0.05) is 48.6 Å². The number of benzene rings is 3. The molecular formula is C27H23N3O4. The molecule has 3 aromatic carbocycles. The lowest BCUT2D eigenvalue weighted by Crippen LogP contribution is -2.41. The number of anilines is 1. The lowest BCUT2D eigenvalue weighted by molar-refractivity contribution is -0.119. The van der Waals surface area contributed by atoms with Crippen LogP contribution in [-0.2, 0) is 4.79 Å². The van der Waals surface area contributed by atoms with Gasteiger partial charge in [-0.15, -0.1) is 0 Å². The van der Waals surface area contributed by atoms with Gasteiger partial charge in [-0.3, -0.25) is 14.4 Å². The van der Waals surface area contributed by atoms with Crippen molar-refractivity contribution in [3.63, 3.8) is 0 Å². The molecule has 0 radical (unpaired) electrons. The Bertz CT molecular complexity index is 1280. The van der Waals surface area contributed by atoms with Crippen molar-refractivity contribution in [2.24, 2.45) is 0 Å². The van der Waals surface area contributed by atoms with E-state index in [0.717, 1.165) is 11.1 Å². The van der Waals surface area contributed by atoms with E-state index in [2.05, 4.69) is 10.6 Å². The van der Waals surface area contributed by atoms with E-state index in [1.54, 1.807) is 65.6 Å². The van der Waals surface area contributed by atoms with Gasteiger partial charge in [0.15, 0.2) is 0 Å². The molecule has 34 heavy (non-hydrogen) atoms. The largest absolute Gasteiger partial charge is 0.508 e. The zero-order chi connectivity index (χ0) is 23.7. The number of carbonyl (C=O) groups is 3. The number of phenols is 1. The Morgan fingerprint density at radius 2 is 1.68 bits per heavy atom. The number of fused-ring (bicyclic) bond motifs is 2. The van der Waals surface area contributed by atoms with Crippen LogP contribution in [0, 0.1) is 0 Å². The van der Waals surface area contributed by atoms with Gasteiger partial charge in [-0.2, -0.15) is 0 Å². The van der Waals surface area contributed by atoms with Gasteiger partial charge in [0.1, 0.15) is 11.8 Å². The summed E-state index contributed by atoms with van der Waals surface area (Å²) in [7, 11) is 0. The smallest absolute Gasteiger partial charge is 0.256 e. The van der Waals surface area contributed by atoms with Gasteiger partial charge in [0.25, 0.3) is 11.8 Å². The molecule has 3 aromatic rings. The van der Waals surface area contributed by atoms with Crippen molar-refractivity contribution in [1.82, 2.24) is 10.2 Å². The molecule has 0 aromatic heterocycles. The summed E-state index contributed by atoms with van der Waals surface area (Å²) in [5, 5.41) is 15.2. The summed E-state index contributed by atoms with van der Waals surface area (Å²) in [6.45, 7) is 0.266. The second-order valence-electron chi connectivity index (χ2n) is 8.46. The molecule has 0 aliphatic carbocycles. The molecule has 170 valence electrons. The van der Waals surface area contributed by atoms with Crippen LogP contribution in [0.5, 0.6) is 5.75 Å². The normalized spacial score (nSPS) is 19.4. The van der Waals surface area contributed by atoms with Crippen molar-refractivity contribution in [1.29, 1.82) is 0 Å². The number of aromatic hydroxyl groups is 1. The first-order valence-electron chi connectivity index (χ1n) is 11.1. The maximum absolute atomic E-state index is 13.4. The molecule has 0 saturated carbocycles. The highest BCUT2D eigenvalue weighted by Gasteiger charge is 2.43. The molecule has 0 bridgehead atoms. The summed E-state index contributed by atoms with van der Waals surface area (Å²) in [4.78, 5) is 40.4. The van der Waals surface area contributed by atoms with Gasteiger partial charge in [0, 0.05) is 18.2 Å². The Balaban J connectivity index is 1.35. The van der Waals surface area contributed by atoms with E-state index in [9.17, 15) is 19.5 Å². The fraction of sp³-hybridized carbons (Fsp3) is 0.148. The molecule has 2 atom stereocenters. The SMILES string of the molecule is O=C(N[C@@H]1C[C@@H]2C(=O)Nc3ccc(C=Cc4ccc(O)cc4)cc3C(=O)N2C1)c1ccccc1. The summed E-state index contributed by atoms with van der Waals surface area (Å²) < 4.78 is 0. The van der Waals surface area contributed by atoms with Crippen molar-refractivity contribution in [3.8, 4) is 5.75 Å². The average Bonchev–Trinajstić information content (AvgIpc) is 3.24. The first kappa shape index (κ1) is 21.5. The van der Waals surface area contributed by atoms with Crippen molar-refractivity contribution in [2.45, 2.75) is 18.5 Å². The van der Waals surface area contributed by atoms with Crippen LogP contribution in [0.3, 0.4) is 0 Å². The molecule has 1 saturated heterocycles. The van der Waals surface area contributed by atoms with Gasteiger partial charge in [0.05, 0.1) is 11.3 Å². The van der Waals surface area contributed by atoms with Crippen LogP contribution in [0.15, 0.2) is 72.8 Å². The molecule has 7 nitrogen and oxygen atoms in total. The Labute approximate surface area is 196 Å². The molecule has 2 aliphatic rings. The monoisotopic (exact) mass is 453 g/mol. The second kappa shape index (κ2) is 8.86. The number of nitrogens with zero attached hydrogens (tertiary/aromatic N) is 1. The van der Waals surface area contributed by atoms with Crippen LogP contribution in [0.1, 0.15) is 38.3 Å². The van der Waals surface area contributed by atoms with E-state index in [0.29, 0.717) is 23.2 Å². The van der Waals surface area contributed by atoms with E-state index in [1.165, 1.54) is 0 Å². The maximum Gasteiger partial charge on any atom is 0.256 e. The third-order valence-corrected chi connectivity index (χ3v) is 6.13. The van der Waals surface area contributed by atoms with Crippen LogP contribution >= 0.6 is 0 Å². The molecule has 3 amide bonds. The average molecular weight is 453 g/mol. The van der Waals surface area contributed by atoms with Crippen molar-refractivity contribution < 1.29 is 19.5 Å². The first-order valence-corrected chi connectivity index (χ1v) is 11.1. The fourth-order valence-electron chi connectivity index (χ4n) is 4.37. The van der Waals surface area contributed by atoms with Gasteiger partial charge in [-0.05, 0) is 53.9 Å². The summed E-state index contributed by atoms with van der Waals surface area (Å²) >= 11 is 0. The zero-order valence-electron chi connectivity index (χ0n) is 18.3. The predicted octanol–water partition coefficient (Wildman–Crippen LogP) is 3.53.